The highest BCUT2D eigenvalue weighted by Crippen LogP contribution is 2.17. The van der Waals surface area contributed by atoms with Crippen LogP contribution in [0.5, 0.6) is 0 Å². The van der Waals surface area contributed by atoms with Gasteiger partial charge in [0.25, 0.3) is 0 Å². The second kappa shape index (κ2) is 9.19. The molecule has 0 aliphatic carbocycles. The van der Waals surface area contributed by atoms with E-state index in [2.05, 4.69) is 37.2 Å². The minimum atomic E-state index is -3.15. The van der Waals surface area contributed by atoms with Gasteiger partial charge in [0.15, 0.2) is 15.8 Å². The predicted octanol–water partition coefficient (Wildman–Crippen LogP) is 3.10. The maximum atomic E-state index is 11.5. The number of aliphatic imine (C=N–C) groups is 1. The van der Waals surface area contributed by atoms with Crippen molar-refractivity contribution in [3.05, 3.63) is 64.1 Å². The van der Waals surface area contributed by atoms with Gasteiger partial charge in [-0.25, -0.2) is 8.42 Å². The fraction of sp³-hybridized carbons (Fsp3) is 0.316. The monoisotopic (exact) mass is 437 g/mol. The summed E-state index contributed by atoms with van der Waals surface area (Å²) in [5, 5.41) is 3.34. The lowest BCUT2D eigenvalue weighted by atomic mass is 10.1. The van der Waals surface area contributed by atoms with Crippen LogP contribution >= 0.6 is 15.9 Å². The second-order valence-electron chi connectivity index (χ2n) is 6.09. The Bertz CT molecular complexity index is 865. The minimum Gasteiger partial charge on any atom is -0.356 e. The van der Waals surface area contributed by atoms with Crippen LogP contribution in [0.15, 0.2) is 62.9 Å². The van der Waals surface area contributed by atoms with E-state index in [-0.39, 0.29) is 0 Å². The lowest BCUT2D eigenvalue weighted by Crippen LogP contribution is -2.39. The van der Waals surface area contributed by atoms with Crippen molar-refractivity contribution >= 4 is 31.7 Å². The van der Waals surface area contributed by atoms with Crippen LogP contribution < -0.4 is 5.32 Å². The van der Waals surface area contributed by atoms with Crippen LogP contribution in [0.25, 0.3) is 0 Å². The summed E-state index contributed by atoms with van der Waals surface area (Å²) in [7, 11) is 0.612. The van der Waals surface area contributed by atoms with Crippen molar-refractivity contribution in [1.82, 2.24) is 10.2 Å². The van der Waals surface area contributed by atoms with Gasteiger partial charge >= 0.3 is 0 Å². The van der Waals surface area contributed by atoms with Gasteiger partial charge in [-0.1, -0.05) is 46.3 Å². The molecule has 0 aliphatic heterocycles. The van der Waals surface area contributed by atoms with E-state index in [9.17, 15) is 8.42 Å². The molecule has 2 rings (SSSR count). The maximum Gasteiger partial charge on any atom is 0.193 e. The highest BCUT2D eigenvalue weighted by Gasteiger charge is 2.09. The Morgan fingerprint density at radius 3 is 2.38 bits per heavy atom. The number of sulfone groups is 1. The van der Waals surface area contributed by atoms with Crippen molar-refractivity contribution in [2.24, 2.45) is 4.99 Å². The van der Waals surface area contributed by atoms with Gasteiger partial charge < -0.3 is 10.2 Å². The zero-order chi connectivity index (χ0) is 19.2. The Morgan fingerprint density at radius 1 is 1.15 bits per heavy atom. The molecule has 2 aromatic rings. The minimum absolute atomic E-state index is 0.346. The van der Waals surface area contributed by atoms with Crippen molar-refractivity contribution in [2.45, 2.75) is 17.9 Å². The van der Waals surface area contributed by atoms with E-state index in [0.717, 1.165) is 29.0 Å². The number of halogens is 1. The van der Waals surface area contributed by atoms with Crippen molar-refractivity contribution in [3.8, 4) is 0 Å². The summed E-state index contributed by atoms with van der Waals surface area (Å²) in [6.45, 7) is 1.45. The smallest absolute Gasteiger partial charge is 0.193 e. The number of guanidine groups is 1. The summed E-state index contributed by atoms with van der Waals surface area (Å²) in [6, 6.07) is 15.1. The molecule has 0 aromatic heterocycles. The Morgan fingerprint density at radius 2 is 1.81 bits per heavy atom. The van der Waals surface area contributed by atoms with Gasteiger partial charge in [0, 0.05) is 37.9 Å². The summed E-state index contributed by atoms with van der Waals surface area (Å²) >= 11 is 3.57. The van der Waals surface area contributed by atoms with Crippen molar-refractivity contribution < 1.29 is 8.42 Å². The highest BCUT2D eigenvalue weighted by atomic mass is 79.9. The molecule has 1 N–H and O–H groups in total. The van der Waals surface area contributed by atoms with Crippen LogP contribution in [0.3, 0.4) is 0 Å². The third-order valence-electron chi connectivity index (χ3n) is 3.99. The fourth-order valence-corrected chi connectivity index (χ4v) is 3.60. The van der Waals surface area contributed by atoms with Gasteiger partial charge in [-0.2, -0.15) is 0 Å². The molecular formula is C19H24BrN3O2S. The number of rotatable bonds is 6. The van der Waals surface area contributed by atoms with E-state index in [4.69, 9.17) is 0 Å². The van der Waals surface area contributed by atoms with Gasteiger partial charge in [0.1, 0.15) is 0 Å². The van der Waals surface area contributed by atoms with Crippen LogP contribution in [-0.2, 0) is 22.8 Å². The third-order valence-corrected chi connectivity index (χ3v) is 5.89. The molecule has 0 amide bonds. The maximum absolute atomic E-state index is 11.5. The van der Waals surface area contributed by atoms with Gasteiger partial charge in [-0.3, -0.25) is 4.99 Å². The second-order valence-corrected chi connectivity index (χ2v) is 8.96. The molecular weight excluding hydrogens is 414 g/mol. The normalized spacial score (nSPS) is 12.1. The highest BCUT2D eigenvalue weighted by molar-refractivity contribution is 9.10. The van der Waals surface area contributed by atoms with Crippen LogP contribution in [-0.4, -0.2) is 46.2 Å². The first-order valence-corrected chi connectivity index (χ1v) is 10.9. The van der Waals surface area contributed by atoms with Gasteiger partial charge in [0.05, 0.1) is 4.90 Å². The Labute approximate surface area is 164 Å². The quantitative estimate of drug-likeness (QED) is 0.556. The van der Waals surface area contributed by atoms with Crippen LogP contribution in [0.4, 0.5) is 0 Å². The molecule has 26 heavy (non-hydrogen) atoms. The Hall–Kier alpha value is -1.86. The first-order valence-electron chi connectivity index (χ1n) is 8.25. The molecule has 0 heterocycles. The topological polar surface area (TPSA) is 61.8 Å². The fourth-order valence-electron chi connectivity index (χ4n) is 2.56. The Kier molecular flexibility index (Phi) is 7.23. The third kappa shape index (κ3) is 5.85. The van der Waals surface area contributed by atoms with E-state index < -0.39 is 9.84 Å². The van der Waals surface area contributed by atoms with Crippen molar-refractivity contribution in [2.75, 3.05) is 26.9 Å². The van der Waals surface area contributed by atoms with Gasteiger partial charge in [-0.15, -0.1) is 0 Å². The molecule has 0 bridgehead atoms. The number of nitrogens with zero attached hydrogens (tertiary/aromatic N) is 2. The lowest BCUT2D eigenvalue weighted by molar-refractivity contribution is 0.476. The van der Waals surface area contributed by atoms with Crippen LogP contribution in [0.2, 0.25) is 0 Å². The lowest BCUT2D eigenvalue weighted by Gasteiger charge is -2.22. The molecule has 0 radical (unpaired) electrons. The number of benzene rings is 2. The number of nitrogens with one attached hydrogen (secondary N) is 1. The average molecular weight is 438 g/mol. The molecule has 0 aliphatic rings. The molecule has 0 atom stereocenters. The van der Waals surface area contributed by atoms with E-state index in [1.165, 1.54) is 11.8 Å². The first-order chi connectivity index (χ1) is 12.3. The SMILES string of the molecule is CN=C(NCCc1ccc(S(C)(=O)=O)cc1)N(C)Cc1ccccc1Br. The number of hydrogen-bond acceptors (Lipinski definition) is 3. The van der Waals surface area contributed by atoms with Gasteiger partial charge in [0.2, 0.25) is 0 Å². The van der Waals surface area contributed by atoms with Crippen LogP contribution in [0, 0.1) is 0 Å². The summed E-state index contributed by atoms with van der Waals surface area (Å²) in [6.07, 6.45) is 2.00. The molecule has 0 saturated heterocycles. The van der Waals surface area contributed by atoms with E-state index in [1.807, 2.05) is 37.4 Å². The van der Waals surface area contributed by atoms with E-state index in [1.54, 1.807) is 19.2 Å². The summed E-state index contributed by atoms with van der Waals surface area (Å²) in [4.78, 5) is 6.74. The predicted molar refractivity (Wildman–Crippen MR) is 110 cm³/mol. The van der Waals surface area contributed by atoms with Gasteiger partial charge in [-0.05, 0) is 35.7 Å². The molecule has 7 heteroatoms. The average Bonchev–Trinajstić information content (AvgIpc) is 2.60. The van der Waals surface area contributed by atoms with Crippen molar-refractivity contribution in [3.63, 3.8) is 0 Å². The summed E-state index contributed by atoms with van der Waals surface area (Å²) < 4.78 is 24.1. The Balaban J connectivity index is 1.89. The zero-order valence-corrected chi connectivity index (χ0v) is 17.6. The first kappa shape index (κ1) is 20.5. The van der Waals surface area contributed by atoms with E-state index in [0.29, 0.717) is 11.4 Å². The summed E-state index contributed by atoms with van der Waals surface area (Å²) in [5.74, 6) is 0.813. The molecule has 0 fully saturated rings. The molecule has 140 valence electrons. The largest absolute Gasteiger partial charge is 0.356 e. The molecule has 2 aromatic carbocycles. The van der Waals surface area contributed by atoms with Crippen molar-refractivity contribution in [1.29, 1.82) is 0 Å². The van der Waals surface area contributed by atoms with Crippen LogP contribution in [0.1, 0.15) is 11.1 Å². The van der Waals surface area contributed by atoms with E-state index >= 15 is 0 Å². The molecule has 0 spiro atoms. The summed E-state index contributed by atoms with van der Waals surface area (Å²) in [5.41, 5.74) is 2.27. The molecule has 0 unspecified atom stereocenters. The molecule has 5 nitrogen and oxygen atoms in total. The standard InChI is InChI=1S/C19H24BrN3O2S/c1-21-19(23(2)14-16-6-4-5-7-18(16)20)22-13-12-15-8-10-17(11-9-15)26(3,24)25/h4-11H,12-14H2,1-3H3,(H,21,22). The number of hydrogen-bond donors (Lipinski definition) is 1. The zero-order valence-electron chi connectivity index (χ0n) is 15.2. The molecule has 0 saturated carbocycles.